The number of carbonyl (C=O) groups excluding carboxylic acids is 1. The average Bonchev–Trinajstić information content (AvgIpc) is 2.47. The monoisotopic (exact) mass is 113 g/mol. The van der Waals surface area contributed by atoms with Gasteiger partial charge in [0.2, 0.25) is 0 Å². The lowest BCUT2D eigenvalue weighted by Crippen LogP contribution is -2.12. The molecule has 8 heavy (non-hydrogen) atoms. The molecule has 1 radical (unpaired) electrons. The van der Waals surface area contributed by atoms with Gasteiger partial charge in [-0.15, -0.1) is 0 Å². The Labute approximate surface area is 48.8 Å². The van der Waals surface area contributed by atoms with Crippen LogP contribution < -0.4 is 0 Å². The molecule has 1 atom stereocenters. The van der Waals surface area contributed by atoms with Gasteiger partial charge in [-0.3, -0.25) is 4.79 Å². The topological polar surface area (TPSA) is 26.3 Å². The van der Waals surface area contributed by atoms with Crippen LogP contribution in [0.1, 0.15) is 13.3 Å². The quantitative estimate of drug-likeness (QED) is 0.469. The Morgan fingerprint density at radius 2 is 2.38 bits per heavy atom. The van der Waals surface area contributed by atoms with Crippen LogP contribution in [0.4, 0.5) is 0 Å². The van der Waals surface area contributed by atoms with Gasteiger partial charge in [0, 0.05) is 0 Å². The zero-order valence-electron chi connectivity index (χ0n) is 5.10. The number of esters is 1. The van der Waals surface area contributed by atoms with Crippen LogP contribution in [-0.2, 0) is 9.53 Å². The zero-order valence-corrected chi connectivity index (χ0v) is 5.10. The van der Waals surface area contributed by atoms with E-state index in [2.05, 4.69) is 4.74 Å². The summed E-state index contributed by atoms with van der Waals surface area (Å²) in [6.45, 7) is 1.87. The molecular formula is C6H9O2. The van der Waals surface area contributed by atoms with Gasteiger partial charge in [-0.2, -0.15) is 0 Å². The Balaban J connectivity index is 2.46. The molecule has 0 aliphatic heterocycles. The van der Waals surface area contributed by atoms with E-state index in [1.54, 1.807) is 0 Å². The van der Waals surface area contributed by atoms with Gasteiger partial charge in [0.25, 0.3) is 0 Å². The maximum Gasteiger partial charge on any atom is 0.311 e. The molecule has 0 aromatic rings. The van der Waals surface area contributed by atoms with Gasteiger partial charge in [0.05, 0.1) is 12.5 Å². The van der Waals surface area contributed by atoms with Crippen LogP contribution in [0.15, 0.2) is 0 Å². The molecule has 0 aromatic heterocycles. The largest absolute Gasteiger partial charge is 0.469 e. The van der Waals surface area contributed by atoms with Gasteiger partial charge in [-0.05, 0) is 19.8 Å². The second-order valence-corrected chi connectivity index (χ2v) is 2.32. The number of rotatable bonds is 1. The van der Waals surface area contributed by atoms with Crippen molar-refractivity contribution in [3.8, 4) is 0 Å². The van der Waals surface area contributed by atoms with E-state index in [0.29, 0.717) is 0 Å². The fourth-order valence-electron chi connectivity index (χ4n) is 0.553. The normalized spacial score (nSPS) is 22.2. The lowest BCUT2D eigenvalue weighted by molar-refractivity contribution is -0.145. The predicted octanol–water partition coefficient (Wildman–Crippen LogP) is 0.774. The van der Waals surface area contributed by atoms with Crippen molar-refractivity contribution in [3.05, 3.63) is 6.42 Å². The maximum absolute atomic E-state index is 10.6. The Morgan fingerprint density at radius 1 is 1.88 bits per heavy atom. The predicted molar refractivity (Wildman–Crippen MR) is 29.0 cm³/mol. The van der Waals surface area contributed by atoms with E-state index in [4.69, 9.17) is 0 Å². The molecular weight excluding hydrogens is 104 g/mol. The molecule has 1 aliphatic carbocycles. The number of methoxy groups -OCH3 is 1. The molecule has 0 spiro atoms. The minimum Gasteiger partial charge on any atom is -0.469 e. The third-order valence-corrected chi connectivity index (χ3v) is 1.47. The smallest absolute Gasteiger partial charge is 0.311 e. The summed E-state index contributed by atoms with van der Waals surface area (Å²) in [7, 11) is 1.42. The van der Waals surface area contributed by atoms with E-state index in [9.17, 15) is 4.79 Å². The second-order valence-electron chi connectivity index (χ2n) is 2.32. The molecule has 0 amide bonds. The number of hydrogen-bond donors (Lipinski definition) is 0. The first-order chi connectivity index (χ1) is 3.69. The lowest BCUT2D eigenvalue weighted by atomic mass is 10.1. The lowest BCUT2D eigenvalue weighted by Gasteiger charge is -2.01. The molecule has 0 heterocycles. The van der Waals surface area contributed by atoms with Crippen molar-refractivity contribution in [2.75, 3.05) is 7.11 Å². The molecule has 2 nitrogen and oxygen atoms in total. The van der Waals surface area contributed by atoms with Crippen molar-refractivity contribution in [1.29, 1.82) is 0 Å². The van der Waals surface area contributed by atoms with Gasteiger partial charge in [-0.1, -0.05) is 0 Å². The summed E-state index contributed by atoms with van der Waals surface area (Å²) in [4.78, 5) is 10.6. The molecule has 1 aliphatic rings. The van der Waals surface area contributed by atoms with E-state index >= 15 is 0 Å². The van der Waals surface area contributed by atoms with Gasteiger partial charge < -0.3 is 4.74 Å². The van der Waals surface area contributed by atoms with Gasteiger partial charge >= 0.3 is 5.97 Å². The van der Waals surface area contributed by atoms with E-state index in [-0.39, 0.29) is 11.4 Å². The molecule has 0 saturated heterocycles. The van der Waals surface area contributed by atoms with Crippen LogP contribution in [-0.4, -0.2) is 13.1 Å². The highest BCUT2D eigenvalue weighted by molar-refractivity contribution is 5.82. The molecule has 0 aromatic carbocycles. The fourth-order valence-corrected chi connectivity index (χ4v) is 0.553. The first-order valence-electron chi connectivity index (χ1n) is 2.62. The summed E-state index contributed by atoms with van der Waals surface area (Å²) < 4.78 is 4.51. The molecule has 0 bridgehead atoms. The van der Waals surface area contributed by atoms with E-state index in [1.807, 2.05) is 13.3 Å². The summed E-state index contributed by atoms with van der Waals surface area (Å²) in [5, 5.41) is 0. The number of ether oxygens (including phenoxy) is 1. The molecule has 1 saturated carbocycles. The third kappa shape index (κ3) is 0.703. The molecule has 0 N–H and O–H groups in total. The summed E-state index contributed by atoms with van der Waals surface area (Å²) in [5.41, 5.74) is -0.227. The Morgan fingerprint density at radius 3 is 2.50 bits per heavy atom. The minimum absolute atomic E-state index is 0.113. The van der Waals surface area contributed by atoms with Gasteiger partial charge in [0.1, 0.15) is 0 Å². The van der Waals surface area contributed by atoms with Crippen LogP contribution in [0, 0.1) is 11.8 Å². The first-order valence-corrected chi connectivity index (χ1v) is 2.62. The molecule has 1 fully saturated rings. The van der Waals surface area contributed by atoms with E-state index < -0.39 is 0 Å². The van der Waals surface area contributed by atoms with Crippen molar-refractivity contribution >= 4 is 5.97 Å². The maximum atomic E-state index is 10.6. The van der Waals surface area contributed by atoms with E-state index in [0.717, 1.165) is 6.42 Å². The number of hydrogen-bond acceptors (Lipinski definition) is 2. The van der Waals surface area contributed by atoms with Crippen LogP contribution in [0.5, 0.6) is 0 Å². The van der Waals surface area contributed by atoms with Crippen molar-refractivity contribution in [2.24, 2.45) is 5.41 Å². The van der Waals surface area contributed by atoms with Crippen LogP contribution in [0.2, 0.25) is 0 Å². The SMILES string of the molecule is COC(=O)C1(C)[CH]C1. The highest BCUT2D eigenvalue weighted by Gasteiger charge is 2.46. The van der Waals surface area contributed by atoms with Crippen LogP contribution in [0.3, 0.4) is 0 Å². The van der Waals surface area contributed by atoms with E-state index in [1.165, 1.54) is 7.11 Å². The standard InChI is InChI=1S/C6H9O2/c1-6(3-4-6)5(7)8-2/h3H,4H2,1-2H3. The molecule has 1 unspecified atom stereocenters. The van der Waals surface area contributed by atoms with Gasteiger partial charge in [0.15, 0.2) is 0 Å². The zero-order chi connectivity index (χ0) is 6.20. The minimum atomic E-state index is -0.227. The Kier molecular flexibility index (Phi) is 1.03. The fraction of sp³-hybridized carbons (Fsp3) is 0.667. The van der Waals surface area contributed by atoms with Gasteiger partial charge in [-0.25, -0.2) is 0 Å². The Bertz CT molecular complexity index is 114. The molecule has 45 valence electrons. The molecule has 2 heteroatoms. The highest BCUT2D eigenvalue weighted by Crippen LogP contribution is 2.44. The first kappa shape index (κ1) is 5.60. The van der Waals surface area contributed by atoms with Crippen LogP contribution in [0.25, 0.3) is 0 Å². The third-order valence-electron chi connectivity index (χ3n) is 1.47. The summed E-state index contributed by atoms with van der Waals surface area (Å²) in [6.07, 6.45) is 2.82. The summed E-state index contributed by atoms with van der Waals surface area (Å²) >= 11 is 0. The average molecular weight is 113 g/mol. The molecule has 1 rings (SSSR count). The van der Waals surface area contributed by atoms with Crippen molar-refractivity contribution in [2.45, 2.75) is 13.3 Å². The highest BCUT2D eigenvalue weighted by atomic mass is 16.5. The summed E-state index contributed by atoms with van der Waals surface area (Å²) in [6, 6.07) is 0. The van der Waals surface area contributed by atoms with Crippen molar-refractivity contribution < 1.29 is 9.53 Å². The van der Waals surface area contributed by atoms with Crippen molar-refractivity contribution in [3.63, 3.8) is 0 Å². The van der Waals surface area contributed by atoms with Crippen LogP contribution >= 0.6 is 0 Å². The Hall–Kier alpha value is -0.530. The second kappa shape index (κ2) is 1.47. The number of carbonyl (C=O) groups is 1. The summed E-state index contributed by atoms with van der Waals surface area (Å²) in [5.74, 6) is -0.113. The van der Waals surface area contributed by atoms with Crippen molar-refractivity contribution in [1.82, 2.24) is 0 Å².